The van der Waals surface area contributed by atoms with Crippen LogP contribution in [0, 0.1) is 0 Å². The summed E-state index contributed by atoms with van der Waals surface area (Å²) < 4.78 is 15.2. The van der Waals surface area contributed by atoms with Crippen LogP contribution < -0.4 is 4.74 Å². The Balaban J connectivity index is 2.39. The fraction of sp³-hybridized carbons (Fsp3) is 0.130. The third-order valence-corrected chi connectivity index (χ3v) is 5.14. The normalized spacial score (nSPS) is 10.4. The number of carbonyl (C=O) groups is 2. The fourth-order valence-electron chi connectivity index (χ4n) is 3.17. The van der Waals surface area contributed by atoms with E-state index in [0.717, 1.165) is 0 Å². The number of ether oxygens (including phenoxy) is 3. The van der Waals surface area contributed by atoms with Crippen LogP contribution in [0.5, 0.6) is 5.75 Å². The van der Waals surface area contributed by atoms with Crippen LogP contribution in [0.4, 0.5) is 0 Å². The Morgan fingerprint density at radius 3 is 1.80 bits per heavy atom. The quantitative estimate of drug-likeness (QED) is 0.457. The minimum atomic E-state index is -0.709. The molecule has 7 heteroatoms. The van der Waals surface area contributed by atoms with E-state index in [1.165, 1.54) is 14.2 Å². The lowest BCUT2D eigenvalue weighted by molar-refractivity contribution is 0.0556. The van der Waals surface area contributed by atoms with E-state index in [1.807, 2.05) is 0 Å². The van der Waals surface area contributed by atoms with Crippen molar-refractivity contribution in [1.82, 2.24) is 0 Å². The second-order valence-corrected chi connectivity index (χ2v) is 7.09. The van der Waals surface area contributed by atoms with Crippen LogP contribution in [-0.4, -0.2) is 33.3 Å². The van der Waals surface area contributed by atoms with E-state index in [0.29, 0.717) is 33.0 Å². The summed E-state index contributed by atoms with van der Waals surface area (Å²) in [7, 11) is 4.04. The Morgan fingerprint density at radius 2 is 1.27 bits per heavy atom. The summed E-state index contributed by atoms with van der Waals surface area (Å²) in [4.78, 5) is 25.6. The van der Waals surface area contributed by atoms with Crippen LogP contribution >= 0.6 is 23.2 Å². The van der Waals surface area contributed by atoms with E-state index in [2.05, 4.69) is 0 Å². The second-order valence-electron chi connectivity index (χ2n) is 6.25. The molecule has 3 aromatic carbocycles. The van der Waals surface area contributed by atoms with Gasteiger partial charge in [-0.1, -0.05) is 47.5 Å². The summed E-state index contributed by atoms with van der Waals surface area (Å²) in [6, 6.07) is 15.4. The molecular formula is C23H18Cl2O5. The monoisotopic (exact) mass is 444 g/mol. The van der Waals surface area contributed by atoms with E-state index in [1.54, 1.807) is 61.7 Å². The minimum Gasteiger partial charge on any atom is -0.497 e. The fourth-order valence-corrected chi connectivity index (χ4v) is 3.61. The Kier molecular flexibility index (Phi) is 6.65. The highest BCUT2D eigenvalue weighted by Crippen LogP contribution is 2.40. The summed E-state index contributed by atoms with van der Waals surface area (Å²) in [6.45, 7) is 0. The maximum Gasteiger partial charge on any atom is 0.339 e. The molecule has 0 aromatic heterocycles. The van der Waals surface area contributed by atoms with Crippen LogP contribution in [0.25, 0.3) is 22.3 Å². The molecule has 0 fully saturated rings. The lowest BCUT2D eigenvalue weighted by Crippen LogP contribution is -2.15. The average molecular weight is 445 g/mol. The van der Waals surface area contributed by atoms with Crippen molar-refractivity contribution < 1.29 is 23.8 Å². The molecule has 0 aliphatic rings. The van der Waals surface area contributed by atoms with E-state index < -0.39 is 11.9 Å². The van der Waals surface area contributed by atoms with Crippen molar-refractivity contribution in [2.75, 3.05) is 21.3 Å². The van der Waals surface area contributed by atoms with Crippen molar-refractivity contribution in [3.63, 3.8) is 0 Å². The van der Waals surface area contributed by atoms with Gasteiger partial charge >= 0.3 is 11.9 Å². The van der Waals surface area contributed by atoms with Crippen LogP contribution in [0.2, 0.25) is 10.0 Å². The van der Waals surface area contributed by atoms with Gasteiger partial charge in [-0.3, -0.25) is 0 Å². The van der Waals surface area contributed by atoms with E-state index in [4.69, 9.17) is 37.4 Å². The molecule has 0 spiro atoms. The molecular weight excluding hydrogens is 427 g/mol. The molecule has 0 aliphatic carbocycles. The first-order chi connectivity index (χ1) is 14.4. The van der Waals surface area contributed by atoms with Crippen LogP contribution in [0.15, 0.2) is 54.6 Å². The lowest BCUT2D eigenvalue weighted by atomic mass is 9.89. The molecule has 3 aromatic rings. The number of benzene rings is 3. The molecule has 0 heterocycles. The molecule has 5 nitrogen and oxygen atoms in total. The SMILES string of the molecule is COC(=O)c1c(-c2ccc(Cl)cc2)cc(Cl)c(-c2ccc(OC)cc2)c1C(=O)OC. The zero-order chi connectivity index (χ0) is 21.8. The van der Waals surface area contributed by atoms with Gasteiger partial charge in [-0.15, -0.1) is 0 Å². The summed E-state index contributed by atoms with van der Waals surface area (Å²) in [5.41, 5.74) is 2.14. The van der Waals surface area contributed by atoms with Crippen LogP contribution in [0.3, 0.4) is 0 Å². The number of hydrogen-bond acceptors (Lipinski definition) is 5. The van der Waals surface area contributed by atoms with Gasteiger partial charge in [0, 0.05) is 15.6 Å². The molecule has 0 radical (unpaired) electrons. The molecule has 0 saturated carbocycles. The molecule has 154 valence electrons. The summed E-state index contributed by atoms with van der Waals surface area (Å²) in [5.74, 6) is -0.758. The Labute approximate surface area is 184 Å². The second kappa shape index (κ2) is 9.20. The van der Waals surface area contributed by atoms with Crippen molar-refractivity contribution in [2.45, 2.75) is 0 Å². The summed E-state index contributed by atoms with van der Waals surface area (Å²) in [6.07, 6.45) is 0. The number of hydrogen-bond donors (Lipinski definition) is 0. The third-order valence-electron chi connectivity index (χ3n) is 4.59. The molecule has 0 unspecified atom stereocenters. The molecule has 0 amide bonds. The predicted octanol–water partition coefficient (Wildman–Crippen LogP) is 5.91. The lowest BCUT2D eigenvalue weighted by Gasteiger charge is -2.18. The molecule has 30 heavy (non-hydrogen) atoms. The van der Waals surface area contributed by atoms with Crippen molar-refractivity contribution in [2.24, 2.45) is 0 Å². The first-order valence-electron chi connectivity index (χ1n) is 8.84. The van der Waals surface area contributed by atoms with Gasteiger partial charge in [0.15, 0.2) is 0 Å². The number of esters is 2. The highest BCUT2D eigenvalue weighted by atomic mass is 35.5. The van der Waals surface area contributed by atoms with Gasteiger partial charge in [0.25, 0.3) is 0 Å². The van der Waals surface area contributed by atoms with Gasteiger partial charge in [0.2, 0.25) is 0 Å². The largest absolute Gasteiger partial charge is 0.497 e. The van der Waals surface area contributed by atoms with Crippen molar-refractivity contribution >= 4 is 35.1 Å². The molecule has 0 aliphatic heterocycles. The van der Waals surface area contributed by atoms with Gasteiger partial charge in [0.1, 0.15) is 5.75 Å². The van der Waals surface area contributed by atoms with Crippen LogP contribution in [0.1, 0.15) is 20.7 Å². The van der Waals surface area contributed by atoms with E-state index in [-0.39, 0.29) is 16.1 Å². The first-order valence-corrected chi connectivity index (χ1v) is 9.60. The minimum absolute atomic E-state index is 0.0203. The van der Waals surface area contributed by atoms with Gasteiger partial charge in [0.05, 0.1) is 32.5 Å². The highest BCUT2D eigenvalue weighted by Gasteiger charge is 2.29. The van der Waals surface area contributed by atoms with Crippen LogP contribution in [-0.2, 0) is 9.47 Å². The summed E-state index contributed by atoms with van der Waals surface area (Å²) >= 11 is 12.6. The topological polar surface area (TPSA) is 61.8 Å². The number of halogens is 2. The smallest absolute Gasteiger partial charge is 0.339 e. The maximum atomic E-state index is 12.8. The van der Waals surface area contributed by atoms with Crippen molar-refractivity contribution in [1.29, 1.82) is 0 Å². The molecule has 3 rings (SSSR count). The van der Waals surface area contributed by atoms with Gasteiger partial charge in [-0.2, -0.15) is 0 Å². The van der Waals surface area contributed by atoms with Gasteiger partial charge in [-0.05, 0) is 47.0 Å². The number of methoxy groups -OCH3 is 3. The zero-order valence-electron chi connectivity index (χ0n) is 16.5. The van der Waals surface area contributed by atoms with E-state index >= 15 is 0 Å². The highest BCUT2D eigenvalue weighted by molar-refractivity contribution is 6.35. The van der Waals surface area contributed by atoms with Gasteiger partial charge in [-0.25, -0.2) is 9.59 Å². The zero-order valence-corrected chi connectivity index (χ0v) is 18.0. The Morgan fingerprint density at radius 1 is 0.733 bits per heavy atom. The number of rotatable bonds is 5. The standard InChI is InChI=1S/C23H18Cl2O5/c1-28-16-10-6-14(7-11-16)19-18(25)12-17(13-4-8-15(24)9-5-13)20(22(26)29-2)21(19)23(27)30-3/h4-12H,1-3H3. The summed E-state index contributed by atoms with van der Waals surface area (Å²) in [5, 5.41) is 0.811. The third kappa shape index (κ3) is 4.13. The van der Waals surface area contributed by atoms with Crippen molar-refractivity contribution in [3.05, 3.63) is 75.8 Å². The van der Waals surface area contributed by atoms with E-state index in [9.17, 15) is 9.59 Å². The molecule has 0 atom stereocenters. The molecule has 0 bridgehead atoms. The maximum absolute atomic E-state index is 12.8. The molecule has 0 N–H and O–H groups in total. The Bertz CT molecular complexity index is 1090. The molecule has 0 saturated heterocycles. The number of carbonyl (C=O) groups excluding carboxylic acids is 2. The first kappa shape index (κ1) is 21.7. The Hall–Kier alpha value is -3.02. The predicted molar refractivity (Wildman–Crippen MR) is 117 cm³/mol. The average Bonchev–Trinajstić information content (AvgIpc) is 2.78. The van der Waals surface area contributed by atoms with Gasteiger partial charge < -0.3 is 14.2 Å². The van der Waals surface area contributed by atoms with Crippen molar-refractivity contribution in [3.8, 4) is 28.0 Å².